The van der Waals surface area contributed by atoms with Gasteiger partial charge in [0.05, 0.1) is 12.7 Å². The van der Waals surface area contributed by atoms with E-state index < -0.39 is 0 Å². The maximum absolute atomic E-state index is 10.7. The van der Waals surface area contributed by atoms with Crippen molar-refractivity contribution in [2.24, 2.45) is 0 Å². The van der Waals surface area contributed by atoms with Crippen molar-refractivity contribution in [2.75, 3.05) is 20.3 Å². The molecule has 1 N–H and O–H groups in total. The zero-order valence-corrected chi connectivity index (χ0v) is 11.6. The van der Waals surface area contributed by atoms with Gasteiger partial charge in [-0.05, 0) is 36.8 Å². The van der Waals surface area contributed by atoms with Crippen LogP contribution in [0.1, 0.15) is 36.5 Å². The summed E-state index contributed by atoms with van der Waals surface area (Å²) in [5, 5.41) is 10.7. The number of nitrogens with zero attached hydrogens (tertiary/aromatic N) is 1. The van der Waals surface area contributed by atoms with Crippen LogP contribution in [0.5, 0.6) is 0 Å². The number of ether oxygens (including phenoxy) is 1. The minimum absolute atomic E-state index is 0.262. The minimum Gasteiger partial charge on any atom is -0.387 e. The van der Waals surface area contributed by atoms with Gasteiger partial charge in [-0.25, -0.2) is 0 Å². The van der Waals surface area contributed by atoms with Gasteiger partial charge in [-0.1, -0.05) is 24.3 Å². The zero-order valence-electron chi connectivity index (χ0n) is 11.6. The number of fused-ring (bicyclic) bond motifs is 1. The van der Waals surface area contributed by atoms with E-state index in [1.807, 2.05) is 6.07 Å². The molecule has 0 radical (unpaired) electrons. The lowest BCUT2D eigenvalue weighted by Gasteiger charge is -2.38. The van der Waals surface area contributed by atoms with Gasteiger partial charge in [0.15, 0.2) is 0 Å². The summed E-state index contributed by atoms with van der Waals surface area (Å²) in [6, 6.07) is 9.24. The van der Waals surface area contributed by atoms with E-state index in [2.05, 4.69) is 23.1 Å². The predicted molar refractivity (Wildman–Crippen MR) is 75.1 cm³/mol. The highest BCUT2D eigenvalue weighted by atomic mass is 16.5. The van der Waals surface area contributed by atoms with Crippen molar-refractivity contribution in [3.05, 3.63) is 35.4 Å². The first kappa shape index (κ1) is 13.1. The van der Waals surface area contributed by atoms with Crippen LogP contribution in [-0.4, -0.2) is 42.4 Å². The smallest absolute Gasteiger partial charge is 0.0948 e. The average Bonchev–Trinajstić information content (AvgIpc) is 3.26. The van der Waals surface area contributed by atoms with Gasteiger partial charge in [0.25, 0.3) is 0 Å². The van der Waals surface area contributed by atoms with Crippen LogP contribution in [0.25, 0.3) is 0 Å². The number of aliphatic hydroxyl groups is 1. The first-order chi connectivity index (χ1) is 9.31. The van der Waals surface area contributed by atoms with Gasteiger partial charge in [0.1, 0.15) is 0 Å². The summed E-state index contributed by atoms with van der Waals surface area (Å²) in [7, 11) is 1.75. The van der Waals surface area contributed by atoms with E-state index >= 15 is 0 Å². The Morgan fingerprint density at radius 1 is 1.26 bits per heavy atom. The van der Waals surface area contributed by atoms with E-state index in [1.54, 1.807) is 7.11 Å². The molecule has 19 heavy (non-hydrogen) atoms. The molecule has 1 fully saturated rings. The lowest BCUT2D eigenvalue weighted by atomic mass is 9.85. The number of benzene rings is 1. The normalized spacial score (nSPS) is 26.5. The highest BCUT2D eigenvalue weighted by molar-refractivity contribution is 5.32. The van der Waals surface area contributed by atoms with Crippen molar-refractivity contribution in [3.8, 4) is 0 Å². The fraction of sp³-hybridized carbons (Fsp3) is 0.625. The quantitative estimate of drug-likeness (QED) is 0.881. The van der Waals surface area contributed by atoms with Gasteiger partial charge >= 0.3 is 0 Å². The topological polar surface area (TPSA) is 32.7 Å². The summed E-state index contributed by atoms with van der Waals surface area (Å²) in [6.45, 7) is 1.69. The molecule has 0 aliphatic heterocycles. The summed E-state index contributed by atoms with van der Waals surface area (Å²) in [6.07, 6.45) is 4.33. The molecule has 2 aliphatic carbocycles. The number of aliphatic hydroxyl groups excluding tert-OH is 1. The first-order valence-electron chi connectivity index (χ1n) is 7.32. The van der Waals surface area contributed by atoms with Crippen molar-refractivity contribution >= 4 is 0 Å². The Balaban J connectivity index is 1.77. The third-order valence-electron chi connectivity index (χ3n) is 4.44. The highest BCUT2D eigenvalue weighted by Crippen LogP contribution is 2.38. The molecule has 0 spiro atoms. The predicted octanol–water partition coefficient (Wildman–Crippen LogP) is 2.15. The second-order valence-electron chi connectivity index (χ2n) is 5.71. The molecular formula is C16H23NO2. The van der Waals surface area contributed by atoms with Gasteiger partial charge in [0.2, 0.25) is 0 Å². The van der Waals surface area contributed by atoms with Gasteiger partial charge in [-0.15, -0.1) is 0 Å². The lowest BCUT2D eigenvalue weighted by molar-refractivity contribution is 0.0178. The fourth-order valence-corrected chi connectivity index (χ4v) is 3.29. The van der Waals surface area contributed by atoms with E-state index in [0.29, 0.717) is 6.04 Å². The molecule has 1 aromatic carbocycles. The molecule has 0 bridgehead atoms. The summed E-state index contributed by atoms with van der Waals surface area (Å²) < 4.78 is 5.22. The van der Waals surface area contributed by atoms with Gasteiger partial charge in [0, 0.05) is 25.7 Å². The van der Waals surface area contributed by atoms with E-state index in [-0.39, 0.29) is 12.1 Å². The molecule has 1 saturated carbocycles. The number of hydrogen-bond donors (Lipinski definition) is 1. The maximum Gasteiger partial charge on any atom is 0.0948 e. The van der Waals surface area contributed by atoms with Gasteiger partial charge < -0.3 is 9.84 Å². The van der Waals surface area contributed by atoms with Crippen LogP contribution in [0, 0.1) is 0 Å². The van der Waals surface area contributed by atoms with E-state index in [4.69, 9.17) is 4.74 Å². The monoisotopic (exact) mass is 261 g/mol. The van der Waals surface area contributed by atoms with Gasteiger partial charge in [-0.3, -0.25) is 4.90 Å². The molecular weight excluding hydrogens is 238 g/mol. The molecule has 0 saturated heterocycles. The molecule has 104 valence electrons. The Morgan fingerprint density at radius 2 is 2.05 bits per heavy atom. The Kier molecular flexibility index (Phi) is 3.87. The first-order valence-corrected chi connectivity index (χ1v) is 7.32. The summed E-state index contributed by atoms with van der Waals surface area (Å²) >= 11 is 0. The van der Waals surface area contributed by atoms with Crippen LogP contribution in [0.4, 0.5) is 0 Å². The molecule has 3 rings (SSSR count). The van der Waals surface area contributed by atoms with Gasteiger partial charge in [-0.2, -0.15) is 0 Å². The van der Waals surface area contributed by atoms with Crippen LogP contribution < -0.4 is 0 Å². The van der Waals surface area contributed by atoms with E-state index in [0.717, 1.165) is 31.6 Å². The van der Waals surface area contributed by atoms with E-state index in [1.165, 1.54) is 18.4 Å². The van der Waals surface area contributed by atoms with Crippen LogP contribution in [0.3, 0.4) is 0 Å². The zero-order chi connectivity index (χ0) is 13.2. The van der Waals surface area contributed by atoms with Crippen molar-refractivity contribution in [1.82, 2.24) is 4.90 Å². The number of rotatable bonds is 5. The molecule has 0 aromatic heterocycles. The van der Waals surface area contributed by atoms with E-state index in [9.17, 15) is 5.11 Å². The summed E-state index contributed by atoms with van der Waals surface area (Å²) in [5.41, 5.74) is 2.44. The van der Waals surface area contributed by atoms with Crippen LogP contribution in [0.15, 0.2) is 24.3 Å². The van der Waals surface area contributed by atoms with Crippen LogP contribution in [-0.2, 0) is 11.2 Å². The largest absolute Gasteiger partial charge is 0.387 e. The third kappa shape index (κ3) is 2.69. The Morgan fingerprint density at radius 3 is 2.79 bits per heavy atom. The van der Waals surface area contributed by atoms with Crippen molar-refractivity contribution in [2.45, 2.75) is 43.9 Å². The minimum atomic E-state index is -0.345. The Hall–Kier alpha value is -0.900. The van der Waals surface area contributed by atoms with Crippen molar-refractivity contribution < 1.29 is 9.84 Å². The SMILES string of the molecule is COCCN(C1CC1)C1CCc2ccccc2C1O. The second kappa shape index (κ2) is 5.61. The molecule has 2 unspecified atom stereocenters. The lowest BCUT2D eigenvalue weighted by Crippen LogP contribution is -2.45. The summed E-state index contributed by atoms with van der Waals surface area (Å²) in [5.74, 6) is 0. The number of hydrogen-bond acceptors (Lipinski definition) is 3. The second-order valence-corrected chi connectivity index (χ2v) is 5.71. The molecule has 1 aromatic rings. The molecule has 0 heterocycles. The molecule has 2 aliphatic rings. The van der Waals surface area contributed by atoms with Crippen molar-refractivity contribution in [3.63, 3.8) is 0 Å². The standard InChI is InChI=1S/C16H23NO2/c1-19-11-10-17(13-7-8-13)15-9-6-12-4-2-3-5-14(12)16(15)18/h2-5,13,15-16,18H,6-11H2,1H3. The number of aryl methyl sites for hydroxylation is 1. The molecule has 0 amide bonds. The molecule has 3 nitrogen and oxygen atoms in total. The van der Waals surface area contributed by atoms with Crippen molar-refractivity contribution in [1.29, 1.82) is 0 Å². The van der Waals surface area contributed by atoms with Crippen LogP contribution in [0.2, 0.25) is 0 Å². The Bertz CT molecular complexity index is 431. The fourth-order valence-electron chi connectivity index (χ4n) is 3.29. The molecule has 3 heteroatoms. The van der Waals surface area contributed by atoms with Crippen LogP contribution >= 0.6 is 0 Å². The molecule has 2 atom stereocenters. The number of methoxy groups -OCH3 is 1. The summed E-state index contributed by atoms with van der Waals surface area (Å²) in [4.78, 5) is 2.48. The maximum atomic E-state index is 10.7. The third-order valence-corrected chi connectivity index (χ3v) is 4.44. The average molecular weight is 261 g/mol. The Labute approximate surface area is 115 Å². The highest BCUT2D eigenvalue weighted by Gasteiger charge is 2.39.